The monoisotopic (exact) mass is 276 g/mol. The molecule has 0 aliphatic rings. The summed E-state index contributed by atoms with van der Waals surface area (Å²) in [6.45, 7) is 1.51. The van der Waals surface area contributed by atoms with Crippen molar-refractivity contribution in [2.45, 2.75) is 13.1 Å². The molecule has 0 atom stereocenters. The van der Waals surface area contributed by atoms with Gasteiger partial charge in [-0.1, -0.05) is 0 Å². The molecule has 5 heteroatoms. The van der Waals surface area contributed by atoms with Crippen LogP contribution in [0.4, 0.5) is 0 Å². The highest BCUT2D eigenvalue weighted by molar-refractivity contribution is 7.15. The molecular formula is C13H12N2OS2. The van der Waals surface area contributed by atoms with Gasteiger partial charge >= 0.3 is 0 Å². The van der Waals surface area contributed by atoms with Crippen molar-refractivity contribution in [2.24, 2.45) is 0 Å². The minimum absolute atomic E-state index is 0.736. The summed E-state index contributed by atoms with van der Waals surface area (Å²) in [6, 6.07) is 5.99. The maximum atomic E-state index is 5.26. The van der Waals surface area contributed by atoms with Gasteiger partial charge in [-0.25, -0.2) is 4.98 Å². The van der Waals surface area contributed by atoms with Crippen LogP contribution in [0.25, 0.3) is 10.4 Å². The molecule has 0 radical (unpaired) electrons. The predicted molar refractivity (Wildman–Crippen MR) is 74.7 cm³/mol. The Bertz CT molecular complexity index is 584. The van der Waals surface area contributed by atoms with Gasteiger partial charge in [0.05, 0.1) is 17.7 Å². The molecule has 0 aromatic carbocycles. The lowest BCUT2D eigenvalue weighted by molar-refractivity contribution is 0.483. The fourth-order valence-corrected chi connectivity index (χ4v) is 3.25. The highest BCUT2D eigenvalue weighted by Gasteiger charge is 2.04. The molecule has 0 bridgehead atoms. The molecule has 0 saturated carbocycles. The van der Waals surface area contributed by atoms with Gasteiger partial charge < -0.3 is 9.73 Å². The fourth-order valence-electron chi connectivity index (χ4n) is 1.64. The maximum absolute atomic E-state index is 5.26. The zero-order chi connectivity index (χ0) is 12.2. The van der Waals surface area contributed by atoms with E-state index < -0.39 is 0 Å². The first-order valence-corrected chi connectivity index (χ1v) is 7.38. The Hall–Kier alpha value is -1.43. The number of furan rings is 1. The Balaban J connectivity index is 1.57. The maximum Gasteiger partial charge on any atom is 0.117 e. The fraction of sp³-hybridized carbons (Fsp3) is 0.154. The van der Waals surface area contributed by atoms with Crippen molar-refractivity contribution in [1.82, 2.24) is 10.3 Å². The molecule has 0 unspecified atom stereocenters. The normalized spacial score (nSPS) is 10.9. The minimum atomic E-state index is 0.736. The summed E-state index contributed by atoms with van der Waals surface area (Å²) in [4.78, 5) is 5.65. The zero-order valence-electron chi connectivity index (χ0n) is 9.63. The van der Waals surface area contributed by atoms with E-state index in [1.807, 2.05) is 18.3 Å². The van der Waals surface area contributed by atoms with Crippen LogP contribution in [0, 0.1) is 0 Å². The molecule has 0 amide bonds. The molecule has 3 heterocycles. The molecule has 1 N–H and O–H groups in total. The molecule has 18 heavy (non-hydrogen) atoms. The second kappa shape index (κ2) is 5.48. The van der Waals surface area contributed by atoms with Crippen LogP contribution >= 0.6 is 22.7 Å². The molecule has 92 valence electrons. The molecule has 0 fully saturated rings. The highest BCUT2D eigenvalue weighted by atomic mass is 32.1. The molecule has 0 aliphatic carbocycles. The minimum Gasteiger partial charge on any atom is -0.468 e. The lowest BCUT2D eigenvalue weighted by Gasteiger charge is -1.98. The Morgan fingerprint density at radius 3 is 3.06 bits per heavy atom. The van der Waals surface area contributed by atoms with Crippen molar-refractivity contribution < 1.29 is 4.42 Å². The summed E-state index contributed by atoms with van der Waals surface area (Å²) in [6.07, 6.45) is 3.63. The third kappa shape index (κ3) is 2.69. The van der Waals surface area contributed by atoms with Gasteiger partial charge in [0.15, 0.2) is 0 Å². The Morgan fingerprint density at radius 2 is 2.28 bits per heavy atom. The number of aromatic nitrogens is 1. The Kier molecular flexibility index (Phi) is 3.54. The molecule has 3 rings (SSSR count). The number of thiophene rings is 1. The third-order valence-electron chi connectivity index (χ3n) is 2.51. The number of thiazole rings is 1. The van der Waals surface area contributed by atoms with E-state index >= 15 is 0 Å². The highest BCUT2D eigenvalue weighted by Crippen LogP contribution is 2.27. The van der Waals surface area contributed by atoms with Crippen LogP contribution < -0.4 is 5.32 Å². The first-order valence-electron chi connectivity index (χ1n) is 5.62. The third-order valence-corrected chi connectivity index (χ3v) is 4.24. The van der Waals surface area contributed by atoms with E-state index in [0.29, 0.717) is 0 Å². The largest absolute Gasteiger partial charge is 0.468 e. The number of hydrogen-bond donors (Lipinski definition) is 1. The number of rotatable bonds is 5. The second-order valence-corrected chi connectivity index (χ2v) is 5.71. The lowest BCUT2D eigenvalue weighted by Crippen LogP contribution is -2.11. The van der Waals surface area contributed by atoms with E-state index in [9.17, 15) is 0 Å². The van der Waals surface area contributed by atoms with Crippen LogP contribution in [0.2, 0.25) is 0 Å². The lowest BCUT2D eigenvalue weighted by atomic mass is 10.3. The summed E-state index contributed by atoms with van der Waals surface area (Å²) in [7, 11) is 0. The SMILES string of the molecule is c1coc(CNCc2ncc(-c3ccsc3)s2)c1. The summed E-state index contributed by atoms with van der Waals surface area (Å²) in [5.74, 6) is 0.949. The predicted octanol–water partition coefficient (Wildman–Crippen LogP) is 3.75. The summed E-state index contributed by atoms with van der Waals surface area (Å²) < 4.78 is 5.26. The zero-order valence-corrected chi connectivity index (χ0v) is 11.3. The van der Waals surface area contributed by atoms with Gasteiger partial charge in [-0.3, -0.25) is 0 Å². The second-order valence-electron chi connectivity index (χ2n) is 3.81. The smallest absolute Gasteiger partial charge is 0.117 e. The van der Waals surface area contributed by atoms with E-state index in [1.165, 1.54) is 10.4 Å². The van der Waals surface area contributed by atoms with Gasteiger partial charge in [0.1, 0.15) is 10.8 Å². The number of nitrogens with one attached hydrogen (secondary N) is 1. The van der Waals surface area contributed by atoms with E-state index in [-0.39, 0.29) is 0 Å². The van der Waals surface area contributed by atoms with Crippen LogP contribution in [0.3, 0.4) is 0 Å². The van der Waals surface area contributed by atoms with Gasteiger partial charge in [0, 0.05) is 18.3 Å². The summed E-state index contributed by atoms with van der Waals surface area (Å²) >= 11 is 3.44. The van der Waals surface area contributed by atoms with Crippen LogP contribution in [0.1, 0.15) is 10.8 Å². The molecule has 3 aromatic heterocycles. The van der Waals surface area contributed by atoms with Crippen LogP contribution in [0.5, 0.6) is 0 Å². The number of nitrogens with zero attached hydrogens (tertiary/aromatic N) is 1. The quantitative estimate of drug-likeness (QED) is 0.771. The standard InChI is InChI=1S/C13H12N2OS2/c1-2-11(16-4-1)6-14-8-13-15-7-12(18-13)10-3-5-17-9-10/h1-5,7,9,14H,6,8H2. The average Bonchev–Trinajstić information content (AvgIpc) is 3.12. The first-order chi connectivity index (χ1) is 8.92. The van der Waals surface area contributed by atoms with Crippen molar-refractivity contribution in [3.05, 3.63) is 52.2 Å². The van der Waals surface area contributed by atoms with E-state index in [1.54, 1.807) is 28.9 Å². The van der Waals surface area contributed by atoms with E-state index in [0.717, 1.165) is 23.9 Å². The molecule has 3 nitrogen and oxygen atoms in total. The van der Waals surface area contributed by atoms with Crippen LogP contribution in [-0.4, -0.2) is 4.98 Å². The van der Waals surface area contributed by atoms with Crippen molar-refractivity contribution >= 4 is 22.7 Å². The first kappa shape index (κ1) is 11.6. The van der Waals surface area contributed by atoms with Crippen LogP contribution in [0.15, 0.2) is 45.8 Å². The van der Waals surface area contributed by atoms with E-state index in [4.69, 9.17) is 4.42 Å². The summed E-state index contributed by atoms with van der Waals surface area (Å²) in [5.41, 5.74) is 1.26. The molecule has 0 saturated heterocycles. The molecule has 0 spiro atoms. The van der Waals surface area contributed by atoms with Crippen molar-refractivity contribution in [3.63, 3.8) is 0 Å². The molecule has 3 aromatic rings. The van der Waals surface area contributed by atoms with Gasteiger partial charge in [0.25, 0.3) is 0 Å². The van der Waals surface area contributed by atoms with Gasteiger partial charge in [-0.15, -0.1) is 11.3 Å². The molecular weight excluding hydrogens is 264 g/mol. The van der Waals surface area contributed by atoms with Crippen molar-refractivity contribution in [2.75, 3.05) is 0 Å². The number of hydrogen-bond acceptors (Lipinski definition) is 5. The Morgan fingerprint density at radius 1 is 1.28 bits per heavy atom. The topological polar surface area (TPSA) is 38.1 Å². The van der Waals surface area contributed by atoms with Crippen LogP contribution in [-0.2, 0) is 13.1 Å². The van der Waals surface area contributed by atoms with E-state index in [2.05, 4.69) is 27.1 Å². The summed E-state index contributed by atoms with van der Waals surface area (Å²) in [5, 5.41) is 8.65. The Labute approximate surface area is 113 Å². The van der Waals surface area contributed by atoms with Gasteiger partial charge in [-0.05, 0) is 29.0 Å². The van der Waals surface area contributed by atoms with Crippen molar-refractivity contribution in [3.8, 4) is 10.4 Å². The molecule has 0 aliphatic heterocycles. The average molecular weight is 276 g/mol. The van der Waals surface area contributed by atoms with Gasteiger partial charge in [-0.2, -0.15) is 11.3 Å². The van der Waals surface area contributed by atoms with Gasteiger partial charge in [0.2, 0.25) is 0 Å². The van der Waals surface area contributed by atoms with Crippen molar-refractivity contribution in [1.29, 1.82) is 0 Å².